The van der Waals surface area contributed by atoms with Crippen molar-refractivity contribution in [3.05, 3.63) is 11.8 Å². The zero-order valence-corrected chi connectivity index (χ0v) is 13.0. The maximum absolute atomic E-state index is 12.4. The molecule has 1 saturated heterocycles. The quantitative estimate of drug-likeness (QED) is 0.681. The topological polar surface area (TPSA) is 96.1 Å². The van der Waals surface area contributed by atoms with Crippen LogP contribution in [0.1, 0.15) is 38.2 Å². The van der Waals surface area contributed by atoms with Crippen LogP contribution in [0.2, 0.25) is 0 Å². The lowest BCUT2D eigenvalue weighted by Crippen LogP contribution is -2.40. The van der Waals surface area contributed by atoms with Crippen LogP contribution in [0.5, 0.6) is 0 Å². The SMILES string of the molecule is CC1(CNS(=O)(=O)c2[nH]ncc2CNC2CC2)CCCO1. The molecule has 0 amide bonds. The normalized spacial score (nSPS) is 26.3. The summed E-state index contributed by atoms with van der Waals surface area (Å²) in [7, 11) is -3.59. The van der Waals surface area contributed by atoms with E-state index >= 15 is 0 Å². The van der Waals surface area contributed by atoms with Crippen molar-refractivity contribution in [3.8, 4) is 0 Å². The van der Waals surface area contributed by atoms with Gasteiger partial charge in [-0.15, -0.1) is 0 Å². The van der Waals surface area contributed by atoms with Crippen molar-refractivity contribution in [1.29, 1.82) is 0 Å². The summed E-state index contributed by atoms with van der Waals surface area (Å²) in [6, 6.07) is 0.522. The van der Waals surface area contributed by atoms with Gasteiger partial charge in [-0.3, -0.25) is 5.10 Å². The van der Waals surface area contributed by atoms with E-state index in [1.165, 1.54) is 0 Å². The van der Waals surface area contributed by atoms with Gasteiger partial charge in [0, 0.05) is 31.3 Å². The summed E-state index contributed by atoms with van der Waals surface area (Å²) < 4.78 is 33.1. The van der Waals surface area contributed by atoms with Gasteiger partial charge in [0.05, 0.1) is 11.8 Å². The highest BCUT2D eigenvalue weighted by molar-refractivity contribution is 7.89. The van der Waals surface area contributed by atoms with E-state index in [4.69, 9.17) is 4.74 Å². The van der Waals surface area contributed by atoms with Crippen molar-refractivity contribution >= 4 is 10.0 Å². The summed E-state index contributed by atoms with van der Waals surface area (Å²) in [5.41, 5.74) is 0.270. The second-order valence-corrected chi connectivity index (χ2v) is 7.81. The van der Waals surface area contributed by atoms with Gasteiger partial charge in [-0.1, -0.05) is 0 Å². The fraction of sp³-hybridized carbons (Fsp3) is 0.769. The Morgan fingerprint density at radius 1 is 1.52 bits per heavy atom. The molecule has 3 N–H and O–H groups in total. The van der Waals surface area contributed by atoms with Crippen LogP contribution in [0.15, 0.2) is 11.2 Å². The second kappa shape index (κ2) is 5.68. The molecule has 1 unspecified atom stereocenters. The Bertz CT molecular complexity index is 588. The standard InChI is InChI=1S/C13H22N4O3S/c1-13(5-2-6-20-13)9-16-21(18,19)12-10(8-15-17-12)7-14-11-3-4-11/h8,11,14,16H,2-7,9H2,1H3,(H,15,17). The predicted octanol–water partition coefficient (Wildman–Crippen LogP) is 0.509. The first kappa shape index (κ1) is 15.0. The summed E-state index contributed by atoms with van der Waals surface area (Å²) in [4.78, 5) is 0. The molecule has 1 aromatic rings. The molecule has 3 rings (SSSR count). The lowest BCUT2D eigenvalue weighted by molar-refractivity contribution is 0.0250. The summed E-state index contributed by atoms with van der Waals surface area (Å²) in [5, 5.41) is 9.91. The molecule has 2 fully saturated rings. The maximum Gasteiger partial charge on any atom is 0.257 e. The van der Waals surface area contributed by atoms with E-state index in [9.17, 15) is 8.42 Å². The number of H-pyrrole nitrogens is 1. The molecule has 21 heavy (non-hydrogen) atoms. The first-order valence-corrected chi connectivity index (χ1v) is 8.86. The number of nitrogens with zero attached hydrogens (tertiary/aromatic N) is 1. The number of rotatable bonds is 7. The average molecular weight is 314 g/mol. The Labute approximate surface area is 124 Å². The van der Waals surface area contributed by atoms with Crippen LogP contribution in [0.4, 0.5) is 0 Å². The van der Waals surface area contributed by atoms with Crippen LogP contribution in [0, 0.1) is 0 Å². The Hall–Kier alpha value is -0.960. The van der Waals surface area contributed by atoms with Gasteiger partial charge in [-0.25, -0.2) is 13.1 Å². The van der Waals surface area contributed by atoms with Crippen LogP contribution in [0.25, 0.3) is 0 Å². The molecule has 1 aromatic heterocycles. The number of aromatic nitrogens is 2. The minimum absolute atomic E-state index is 0.150. The second-order valence-electron chi connectivity index (χ2n) is 6.11. The molecule has 1 aliphatic heterocycles. The minimum Gasteiger partial charge on any atom is -0.374 e. The Morgan fingerprint density at radius 2 is 2.33 bits per heavy atom. The fourth-order valence-electron chi connectivity index (χ4n) is 2.50. The van der Waals surface area contributed by atoms with Crippen LogP contribution in [-0.4, -0.2) is 43.4 Å². The molecule has 2 aliphatic rings. The van der Waals surface area contributed by atoms with Crippen molar-refractivity contribution in [1.82, 2.24) is 20.2 Å². The monoisotopic (exact) mass is 314 g/mol. The van der Waals surface area contributed by atoms with Crippen LogP contribution < -0.4 is 10.0 Å². The molecule has 1 atom stereocenters. The van der Waals surface area contributed by atoms with Gasteiger partial charge in [-0.05, 0) is 32.6 Å². The highest BCUT2D eigenvalue weighted by atomic mass is 32.2. The van der Waals surface area contributed by atoms with Crippen LogP contribution in [-0.2, 0) is 21.3 Å². The largest absolute Gasteiger partial charge is 0.374 e. The van der Waals surface area contributed by atoms with Gasteiger partial charge in [0.2, 0.25) is 0 Å². The molecule has 8 heteroatoms. The van der Waals surface area contributed by atoms with E-state index < -0.39 is 15.6 Å². The summed E-state index contributed by atoms with van der Waals surface area (Å²) in [5.74, 6) is 0. The summed E-state index contributed by atoms with van der Waals surface area (Å²) >= 11 is 0. The van der Waals surface area contributed by atoms with E-state index in [1.807, 2.05) is 6.92 Å². The van der Waals surface area contributed by atoms with Crippen molar-refractivity contribution in [3.63, 3.8) is 0 Å². The molecule has 2 heterocycles. The molecule has 0 radical (unpaired) electrons. The van der Waals surface area contributed by atoms with E-state index in [1.54, 1.807) is 6.20 Å². The van der Waals surface area contributed by atoms with Crippen molar-refractivity contribution < 1.29 is 13.2 Å². The van der Waals surface area contributed by atoms with Crippen molar-refractivity contribution in [2.24, 2.45) is 0 Å². The number of hydrogen-bond donors (Lipinski definition) is 3. The smallest absolute Gasteiger partial charge is 0.257 e. The zero-order chi connectivity index (χ0) is 14.9. The van der Waals surface area contributed by atoms with Gasteiger partial charge in [0.25, 0.3) is 10.0 Å². The molecular formula is C13H22N4O3S. The molecule has 1 saturated carbocycles. The van der Waals surface area contributed by atoms with E-state index in [-0.39, 0.29) is 11.6 Å². The lowest BCUT2D eigenvalue weighted by atomic mass is 10.0. The average Bonchev–Trinajstić information content (AvgIpc) is 2.97. The number of ether oxygens (including phenoxy) is 1. The molecular weight excluding hydrogens is 292 g/mol. The molecule has 0 aromatic carbocycles. The lowest BCUT2D eigenvalue weighted by Gasteiger charge is -2.23. The zero-order valence-electron chi connectivity index (χ0n) is 12.2. The third kappa shape index (κ3) is 3.63. The Kier molecular flexibility index (Phi) is 4.04. The highest BCUT2D eigenvalue weighted by Gasteiger charge is 2.32. The molecule has 0 bridgehead atoms. The third-order valence-corrected chi connectivity index (χ3v) is 5.46. The minimum atomic E-state index is -3.59. The molecule has 118 valence electrons. The molecule has 0 spiro atoms. The first-order chi connectivity index (χ1) is 9.99. The van der Waals surface area contributed by atoms with Gasteiger partial charge >= 0.3 is 0 Å². The number of hydrogen-bond acceptors (Lipinski definition) is 5. The number of aromatic amines is 1. The van der Waals surface area contributed by atoms with E-state index in [2.05, 4.69) is 20.2 Å². The molecule has 7 nitrogen and oxygen atoms in total. The fourth-order valence-corrected chi connectivity index (χ4v) is 3.78. The number of sulfonamides is 1. The first-order valence-electron chi connectivity index (χ1n) is 7.38. The summed E-state index contributed by atoms with van der Waals surface area (Å²) in [6.45, 7) is 3.43. The van der Waals surface area contributed by atoms with Gasteiger partial charge < -0.3 is 10.1 Å². The third-order valence-electron chi connectivity index (χ3n) is 4.04. The van der Waals surface area contributed by atoms with Gasteiger partial charge in [0.15, 0.2) is 5.03 Å². The molecule has 1 aliphatic carbocycles. The van der Waals surface area contributed by atoms with Crippen LogP contribution >= 0.6 is 0 Å². The number of nitrogens with one attached hydrogen (secondary N) is 3. The van der Waals surface area contributed by atoms with Crippen molar-refractivity contribution in [2.45, 2.75) is 55.8 Å². The maximum atomic E-state index is 12.4. The summed E-state index contributed by atoms with van der Waals surface area (Å²) in [6.07, 6.45) is 5.73. The van der Waals surface area contributed by atoms with Gasteiger partial charge in [-0.2, -0.15) is 5.10 Å². The Balaban J connectivity index is 1.64. The van der Waals surface area contributed by atoms with Gasteiger partial charge in [0.1, 0.15) is 0 Å². The van der Waals surface area contributed by atoms with E-state index in [0.717, 1.165) is 25.7 Å². The van der Waals surface area contributed by atoms with E-state index in [0.29, 0.717) is 24.8 Å². The Morgan fingerprint density at radius 3 is 3.00 bits per heavy atom. The van der Waals surface area contributed by atoms with Crippen molar-refractivity contribution in [2.75, 3.05) is 13.2 Å². The highest BCUT2D eigenvalue weighted by Crippen LogP contribution is 2.25. The van der Waals surface area contributed by atoms with Crippen LogP contribution in [0.3, 0.4) is 0 Å². The predicted molar refractivity (Wildman–Crippen MR) is 77.2 cm³/mol.